The van der Waals surface area contributed by atoms with Gasteiger partial charge in [-0.1, -0.05) is 49.2 Å². The van der Waals surface area contributed by atoms with Crippen molar-refractivity contribution in [3.05, 3.63) is 33.8 Å². The predicted octanol–water partition coefficient (Wildman–Crippen LogP) is 4.13. The molecule has 0 aromatic heterocycles. The van der Waals surface area contributed by atoms with Gasteiger partial charge in [0.05, 0.1) is 16.7 Å². The number of benzene rings is 1. The highest BCUT2D eigenvalue weighted by Gasteiger charge is 2.26. The van der Waals surface area contributed by atoms with Crippen molar-refractivity contribution in [1.82, 2.24) is 4.90 Å². The van der Waals surface area contributed by atoms with Gasteiger partial charge in [-0.25, -0.2) is 0 Å². The molecule has 1 atom stereocenters. The van der Waals surface area contributed by atoms with E-state index in [1.165, 1.54) is 0 Å². The molecule has 0 fully saturated rings. The van der Waals surface area contributed by atoms with Gasteiger partial charge in [-0.2, -0.15) is 0 Å². The van der Waals surface area contributed by atoms with E-state index >= 15 is 0 Å². The number of methoxy groups -OCH3 is 1. The summed E-state index contributed by atoms with van der Waals surface area (Å²) < 4.78 is 5.25. The lowest BCUT2D eigenvalue weighted by molar-refractivity contribution is 0.0817. The summed E-state index contributed by atoms with van der Waals surface area (Å²) in [7, 11) is 1.72. The largest absolute Gasteiger partial charge is 0.383 e. The first-order valence-electron chi connectivity index (χ1n) is 7.49. The van der Waals surface area contributed by atoms with Crippen molar-refractivity contribution in [1.29, 1.82) is 0 Å². The Morgan fingerprint density at radius 1 is 1.24 bits per heavy atom. The molecule has 1 rings (SSSR count). The molecule has 0 saturated carbocycles. The fourth-order valence-corrected chi connectivity index (χ4v) is 3.20. The first-order valence-corrected chi connectivity index (χ1v) is 8.24. The van der Waals surface area contributed by atoms with E-state index in [0.717, 1.165) is 24.9 Å². The molecule has 1 unspecified atom stereocenters. The normalized spacial score (nSPS) is 13.1. The van der Waals surface area contributed by atoms with E-state index in [9.17, 15) is 0 Å². The van der Waals surface area contributed by atoms with Gasteiger partial charge < -0.3 is 10.5 Å². The lowest BCUT2D eigenvalue weighted by Gasteiger charge is -2.37. The van der Waals surface area contributed by atoms with E-state index in [-0.39, 0.29) is 6.04 Å². The predicted molar refractivity (Wildman–Crippen MR) is 91.2 cm³/mol. The summed E-state index contributed by atoms with van der Waals surface area (Å²) in [6.07, 6.45) is 2.13. The van der Waals surface area contributed by atoms with Crippen LogP contribution in [0.1, 0.15) is 38.3 Å². The van der Waals surface area contributed by atoms with E-state index in [0.29, 0.717) is 29.2 Å². The van der Waals surface area contributed by atoms with Crippen molar-refractivity contribution in [2.75, 3.05) is 26.8 Å². The van der Waals surface area contributed by atoms with Crippen molar-refractivity contribution < 1.29 is 4.74 Å². The number of nitrogens with two attached hydrogens (primary N) is 1. The van der Waals surface area contributed by atoms with Crippen LogP contribution in [0, 0.1) is 0 Å². The lowest BCUT2D eigenvalue weighted by atomic mass is 10.0. The summed E-state index contributed by atoms with van der Waals surface area (Å²) in [5, 5.41) is 1.17. The summed E-state index contributed by atoms with van der Waals surface area (Å²) >= 11 is 12.5. The fraction of sp³-hybridized carbons (Fsp3) is 0.625. The second-order valence-corrected chi connectivity index (χ2v) is 5.88. The van der Waals surface area contributed by atoms with Crippen LogP contribution in [0.3, 0.4) is 0 Å². The molecule has 0 aliphatic carbocycles. The number of halogens is 2. The Morgan fingerprint density at radius 2 is 1.90 bits per heavy atom. The van der Waals surface area contributed by atoms with Crippen LogP contribution in [0.2, 0.25) is 10.0 Å². The van der Waals surface area contributed by atoms with E-state index in [4.69, 9.17) is 33.7 Å². The quantitative estimate of drug-likeness (QED) is 0.738. The second-order valence-electron chi connectivity index (χ2n) is 5.10. The molecule has 3 nitrogen and oxygen atoms in total. The molecule has 0 spiro atoms. The molecule has 0 heterocycles. The third kappa shape index (κ3) is 4.83. The summed E-state index contributed by atoms with van der Waals surface area (Å²) in [5.41, 5.74) is 7.05. The Bertz CT molecular complexity index is 425. The van der Waals surface area contributed by atoms with Crippen molar-refractivity contribution in [3.8, 4) is 0 Å². The minimum Gasteiger partial charge on any atom is -0.383 e. The van der Waals surface area contributed by atoms with Crippen LogP contribution in [0.15, 0.2) is 18.2 Å². The average molecular weight is 333 g/mol. The van der Waals surface area contributed by atoms with Crippen molar-refractivity contribution in [2.24, 2.45) is 5.73 Å². The van der Waals surface area contributed by atoms with Gasteiger partial charge in [0.2, 0.25) is 0 Å². The molecule has 0 saturated heterocycles. The average Bonchev–Trinajstić information content (AvgIpc) is 2.50. The van der Waals surface area contributed by atoms with Gasteiger partial charge in [-0.3, -0.25) is 4.90 Å². The second kappa shape index (κ2) is 9.65. The van der Waals surface area contributed by atoms with Gasteiger partial charge in [-0.15, -0.1) is 0 Å². The van der Waals surface area contributed by atoms with Crippen molar-refractivity contribution in [2.45, 2.75) is 38.8 Å². The van der Waals surface area contributed by atoms with Crippen molar-refractivity contribution in [3.63, 3.8) is 0 Å². The van der Waals surface area contributed by atoms with Crippen LogP contribution >= 0.6 is 23.2 Å². The number of nitrogens with zero attached hydrogens (tertiary/aromatic N) is 1. The minimum atomic E-state index is 0.0521. The molecule has 0 radical (unpaired) electrons. The van der Waals surface area contributed by atoms with Gasteiger partial charge in [0, 0.05) is 32.3 Å². The summed E-state index contributed by atoms with van der Waals surface area (Å²) in [6.45, 7) is 6.39. The number of hydrogen-bond acceptors (Lipinski definition) is 3. The van der Waals surface area contributed by atoms with Gasteiger partial charge in [0.15, 0.2) is 0 Å². The van der Waals surface area contributed by atoms with Gasteiger partial charge >= 0.3 is 0 Å². The van der Waals surface area contributed by atoms with Crippen LogP contribution in [-0.4, -0.2) is 37.7 Å². The number of hydrogen-bond donors (Lipinski definition) is 1. The Kier molecular flexibility index (Phi) is 8.60. The third-order valence-electron chi connectivity index (χ3n) is 3.93. The van der Waals surface area contributed by atoms with Crippen LogP contribution in [0.5, 0.6) is 0 Å². The molecule has 0 bridgehead atoms. The lowest BCUT2D eigenvalue weighted by Crippen LogP contribution is -2.43. The molecule has 1 aromatic rings. The molecule has 0 aliphatic rings. The molecule has 1 aromatic carbocycles. The Balaban J connectivity index is 3.13. The standard InChI is InChI=1S/C16H26Cl2N2O/c1-4-12(5-2)20(9-10-21-3)15(11-19)13-7-6-8-14(17)16(13)18/h6-8,12,15H,4-5,9-11,19H2,1-3H3. The Labute approximate surface area is 138 Å². The molecule has 2 N–H and O–H groups in total. The zero-order valence-electron chi connectivity index (χ0n) is 13.1. The fourth-order valence-electron chi connectivity index (χ4n) is 2.77. The van der Waals surface area contributed by atoms with E-state index in [1.807, 2.05) is 12.1 Å². The van der Waals surface area contributed by atoms with Crippen molar-refractivity contribution >= 4 is 23.2 Å². The van der Waals surface area contributed by atoms with Gasteiger partial charge in [-0.05, 0) is 24.5 Å². The van der Waals surface area contributed by atoms with Crippen LogP contribution in [0.25, 0.3) is 0 Å². The maximum absolute atomic E-state index is 6.39. The highest BCUT2D eigenvalue weighted by Crippen LogP contribution is 2.34. The monoisotopic (exact) mass is 332 g/mol. The SMILES string of the molecule is CCC(CC)N(CCOC)C(CN)c1cccc(Cl)c1Cl. The smallest absolute Gasteiger partial charge is 0.0640 e. The number of rotatable bonds is 9. The highest BCUT2D eigenvalue weighted by atomic mass is 35.5. The summed E-state index contributed by atoms with van der Waals surface area (Å²) in [6, 6.07) is 6.24. The topological polar surface area (TPSA) is 38.5 Å². The molecule has 0 aliphatic heterocycles. The Hall–Kier alpha value is -0.320. The maximum Gasteiger partial charge on any atom is 0.0640 e. The first-order chi connectivity index (χ1) is 10.1. The molecule has 120 valence electrons. The molecule has 5 heteroatoms. The van der Waals surface area contributed by atoms with Crippen LogP contribution in [-0.2, 0) is 4.74 Å². The molecule has 0 amide bonds. The summed E-state index contributed by atoms with van der Waals surface area (Å²) in [5.74, 6) is 0. The van der Waals surface area contributed by atoms with E-state index < -0.39 is 0 Å². The van der Waals surface area contributed by atoms with E-state index in [2.05, 4.69) is 18.7 Å². The highest BCUT2D eigenvalue weighted by molar-refractivity contribution is 6.42. The van der Waals surface area contributed by atoms with Gasteiger partial charge in [0.1, 0.15) is 0 Å². The first kappa shape index (κ1) is 18.7. The zero-order valence-corrected chi connectivity index (χ0v) is 14.6. The Morgan fingerprint density at radius 3 is 2.43 bits per heavy atom. The molecular formula is C16H26Cl2N2O. The molecule has 21 heavy (non-hydrogen) atoms. The van der Waals surface area contributed by atoms with E-state index in [1.54, 1.807) is 13.2 Å². The minimum absolute atomic E-state index is 0.0521. The molecular weight excluding hydrogens is 307 g/mol. The number of ether oxygens (including phenoxy) is 1. The maximum atomic E-state index is 6.39. The van der Waals surface area contributed by atoms with Gasteiger partial charge in [0.25, 0.3) is 0 Å². The van der Waals surface area contributed by atoms with Crippen LogP contribution < -0.4 is 5.73 Å². The third-order valence-corrected chi connectivity index (χ3v) is 4.76. The zero-order chi connectivity index (χ0) is 15.8. The van der Waals surface area contributed by atoms with Crippen LogP contribution in [0.4, 0.5) is 0 Å². The summed E-state index contributed by atoms with van der Waals surface area (Å²) in [4.78, 5) is 2.39.